The van der Waals surface area contributed by atoms with Crippen molar-refractivity contribution in [1.82, 2.24) is 0 Å². The monoisotopic (exact) mass is 396 g/mol. The van der Waals surface area contributed by atoms with Crippen LogP contribution in [0.4, 0.5) is 0 Å². The van der Waals surface area contributed by atoms with Crippen molar-refractivity contribution in [3.63, 3.8) is 0 Å². The second-order valence-electron chi connectivity index (χ2n) is 7.71. The Kier molecular flexibility index (Phi) is 9.67. The van der Waals surface area contributed by atoms with E-state index in [0.29, 0.717) is 19.3 Å². The molecule has 0 aliphatic carbocycles. The first kappa shape index (κ1) is 23.8. The van der Waals surface area contributed by atoms with Crippen LogP contribution in [0.15, 0.2) is 17.4 Å². The molecule has 1 unspecified atom stereocenters. The summed E-state index contributed by atoms with van der Waals surface area (Å²) < 4.78 is 11.7. The molecule has 0 fully saturated rings. The van der Waals surface area contributed by atoms with Gasteiger partial charge in [-0.25, -0.2) is 0 Å². The van der Waals surface area contributed by atoms with Crippen molar-refractivity contribution >= 4 is 20.1 Å². The third-order valence-corrected chi connectivity index (χ3v) is 10.2. The van der Waals surface area contributed by atoms with Crippen LogP contribution in [-0.2, 0) is 18.8 Å². The standard InChI is InChI=1S/C21H36O5Si/c1-6-27(7-2,8-3)26-18-13-14-19(22)25-16-17(4)12-10-9-11-15-21(5,24)20(18)23/h10,18,24H,6-9,11,13-16H2,1-5H3/t12?,18?,21-/m0/s1. The van der Waals surface area contributed by atoms with Crippen LogP contribution < -0.4 is 0 Å². The zero-order valence-corrected chi connectivity index (χ0v) is 18.6. The van der Waals surface area contributed by atoms with Gasteiger partial charge < -0.3 is 14.3 Å². The number of hydrogen-bond acceptors (Lipinski definition) is 5. The van der Waals surface area contributed by atoms with Gasteiger partial charge in [0, 0.05) is 12.0 Å². The third-order valence-electron chi connectivity index (χ3n) is 5.57. The fourth-order valence-corrected chi connectivity index (χ4v) is 6.19. The number of cyclic esters (lactones) is 1. The molecule has 5 nitrogen and oxygen atoms in total. The lowest BCUT2D eigenvalue weighted by Gasteiger charge is -2.35. The highest BCUT2D eigenvalue weighted by Crippen LogP contribution is 2.28. The molecule has 0 aromatic rings. The number of ether oxygens (including phenoxy) is 1. The molecule has 0 aromatic heterocycles. The zero-order valence-electron chi connectivity index (χ0n) is 17.6. The first-order chi connectivity index (χ1) is 12.7. The quantitative estimate of drug-likeness (QED) is 0.426. The van der Waals surface area contributed by atoms with Crippen molar-refractivity contribution in [2.45, 2.75) is 96.6 Å². The molecule has 0 saturated carbocycles. The summed E-state index contributed by atoms with van der Waals surface area (Å²) in [6, 6.07) is 2.72. The average molecular weight is 397 g/mol. The fourth-order valence-electron chi connectivity index (χ4n) is 3.36. The number of Topliss-reactive ketones (excluding diaryl/α,β-unsaturated/α-hetero) is 1. The summed E-state index contributed by atoms with van der Waals surface area (Å²) >= 11 is 0. The lowest BCUT2D eigenvalue weighted by Crippen LogP contribution is -2.49. The Labute approximate surface area is 165 Å². The zero-order chi connectivity index (χ0) is 20.5. The molecule has 0 bridgehead atoms. The third kappa shape index (κ3) is 7.38. The van der Waals surface area contributed by atoms with E-state index in [1.165, 1.54) is 0 Å². The maximum atomic E-state index is 13.1. The Hall–Kier alpha value is -1.20. The number of carbonyl (C=O) groups excluding carboxylic acids is 2. The number of rotatable bonds is 5. The van der Waals surface area contributed by atoms with Crippen molar-refractivity contribution in [3.05, 3.63) is 17.4 Å². The molecule has 6 heteroatoms. The van der Waals surface area contributed by atoms with E-state index >= 15 is 0 Å². The van der Waals surface area contributed by atoms with E-state index in [4.69, 9.17) is 9.16 Å². The highest BCUT2D eigenvalue weighted by Gasteiger charge is 2.41. The lowest BCUT2D eigenvalue weighted by atomic mass is 9.89. The molecule has 1 heterocycles. The lowest BCUT2D eigenvalue weighted by molar-refractivity contribution is -0.147. The van der Waals surface area contributed by atoms with Crippen LogP contribution in [0.5, 0.6) is 0 Å². The summed E-state index contributed by atoms with van der Waals surface area (Å²) in [5.41, 5.74) is 2.48. The molecule has 1 aliphatic rings. The Balaban J connectivity index is 3.08. The van der Waals surface area contributed by atoms with E-state index < -0.39 is 20.0 Å². The van der Waals surface area contributed by atoms with E-state index in [1.807, 2.05) is 13.0 Å². The van der Waals surface area contributed by atoms with Crippen molar-refractivity contribution in [1.29, 1.82) is 0 Å². The minimum atomic E-state index is -2.05. The van der Waals surface area contributed by atoms with Crippen LogP contribution in [0.1, 0.15) is 66.7 Å². The van der Waals surface area contributed by atoms with E-state index in [1.54, 1.807) is 6.92 Å². The largest absolute Gasteiger partial charge is 0.460 e. The Bertz CT molecular complexity index is 563. The van der Waals surface area contributed by atoms with Crippen molar-refractivity contribution < 1.29 is 23.9 Å². The molecule has 1 N–H and O–H groups in total. The van der Waals surface area contributed by atoms with Crippen LogP contribution in [0.25, 0.3) is 0 Å². The summed E-state index contributed by atoms with van der Waals surface area (Å²) in [7, 11) is -2.05. The molecule has 1 aliphatic heterocycles. The molecule has 0 radical (unpaired) electrons. The van der Waals surface area contributed by atoms with Gasteiger partial charge in [0.25, 0.3) is 0 Å². The predicted molar refractivity (Wildman–Crippen MR) is 109 cm³/mol. The molecule has 0 aromatic carbocycles. The van der Waals surface area contributed by atoms with E-state index in [-0.39, 0.29) is 31.2 Å². The summed E-state index contributed by atoms with van der Waals surface area (Å²) in [6.07, 6.45) is 3.22. The van der Waals surface area contributed by atoms with Gasteiger partial charge in [-0.15, -0.1) is 5.73 Å². The molecular weight excluding hydrogens is 360 g/mol. The van der Waals surface area contributed by atoms with E-state index in [2.05, 4.69) is 26.5 Å². The first-order valence-corrected chi connectivity index (χ1v) is 12.7. The molecule has 1 rings (SSSR count). The molecule has 0 spiro atoms. The maximum absolute atomic E-state index is 13.1. The van der Waals surface area contributed by atoms with E-state index in [0.717, 1.165) is 23.7 Å². The molecule has 154 valence electrons. The van der Waals surface area contributed by atoms with Gasteiger partial charge in [-0.05, 0) is 63.7 Å². The summed E-state index contributed by atoms with van der Waals surface area (Å²) in [4.78, 5) is 25.2. The van der Waals surface area contributed by atoms with Crippen molar-refractivity contribution in [2.75, 3.05) is 6.61 Å². The number of ketones is 1. The molecular formula is C21H36O5Si. The van der Waals surface area contributed by atoms with E-state index in [9.17, 15) is 14.7 Å². The number of carbonyl (C=O) groups is 2. The van der Waals surface area contributed by atoms with Crippen LogP contribution >= 0.6 is 0 Å². The molecule has 27 heavy (non-hydrogen) atoms. The predicted octanol–water partition coefficient (Wildman–Crippen LogP) is 4.31. The van der Waals surface area contributed by atoms with Gasteiger partial charge in [0.2, 0.25) is 0 Å². The second kappa shape index (κ2) is 11.0. The van der Waals surface area contributed by atoms with Gasteiger partial charge in [0.1, 0.15) is 18.3 Å². The molecule has 0 saturated heterocycles. The maximum Gasteiger partial charge on any atom is 0.306 e. The topological polar surface area (TPSA) is 72.8 Å². The van der Waals surface area contributed by atoms with Gasteiger partial charge in [-0.1, -0.05) is 20.8 Å². The molecule has 2 atom stereocenters. The van der Waals surface area contributed by atoms with Gasteiger partial charge in [-0.2, -0.15) is 0 Å². The summed E-state index contributed by atoms with van der Waals surface area (Å²) in [5.74, 6) is -0.665. The van der Waals surface area contributed by atoms with Crippen LogP contribution in [0.3, 0.4) is 0 Å². The second-order valence-corrected chi connectivity index (χ2v) is 12.4. The highest BCUT2D eigenvalue weighted by atomic mass is 28.4. The fraction of sp³-hybridized carbons (Fsp3) is 0.762. The first-order valence-electron chi connectivity index (χ1n) is 10.2. The minimum absolute atomic E-state index is 0.102. The Morgan fingerprint density at radius 3 is 2.52 bits per heavy atom. The van der Waals surface area contributed by atoms with Gasteiger partial charge in [-0.3, -0.25) is 9.59 Å². The number of hydrogen-bond donors (Lipinski definition) is 1. The summed E-state index contributed by atoms with van der Waals surface area (Å²) in [5, 5.41) is 10.8. The Morgan fingerprint density at radius 2 is 1.93 bits per heavy atom. The average Bonchev–Trinajstić information content (AvgIpc) is 2.65. The minimum Gasteiger partial charge on any atom is -0.460 e. The normalized spacial score (nSPS) is 26.3. The SMILES string of the molecule is CC[Si](CC)(CC)OC1CCC(=O)OCC(C)=C=CCCC[C@](C)(O)C1=O. The highest BCUT2D eigenvalue weighted by molar-refractivity contribution is 6.73. The van der Waals surface area contributed by atoms with Gasteiger partial charge in [0.05, 0.1) is 0 Å². The van der Waals surface area contributed by atoms with Crippen LogP contribution in [0.2, 0.25) is 18.1 Å². The van der Waals surface area contributed by atoms with Crippen molar-refractivity contribution in [2.24, 2.45) is 0 Å². The van der Waals surface area contributed by atoms with Crippen LogP contribution in [-0.4, -0.2) is 43.5 Å². The Morgan fingerprint density at radius 1 is 1.30 bits per heavy atom. The smallest absolute Gasteiger partial charge is 0.306 e. The molecule has 0 amide bonds. The van der Waals surface area contributed by atoms with Gasteiger partial charge in [0.15, 0.2) is 14.1 Å². The number of aliphatic hydroxyl groups is 1. The summed E-state index contributed by atoms with van der Waals surface area (Å²) in [6.45, 7) is 9.94. The van der Waals surface area contributed by atoms with Crippen LogP contribution in [0, 0.1) is 0 Å². The van der Waals surface area contributed by atoms with Gasteiger partial charge >= 0.3 is 5.97 Å². The van der Waals surface area contributed by atoms with Crippen molar-refractivity contribution in [3.8, 4) is 0 Å². The number of esters is 1.